The standard InChI is InChI=1S/C26H23N3O5/c30-16-6-7-17(31)20-19(16)24(33)21-18(32)12-15-23(22(21)25(20)34)28-26(27-15)8-10-29(11-9-26)13-14-4-2-1-3-5-14/h1-7,12,30-34H,8-11,13H2. The number of fused-ring (bicyclic) bond motifs is 4. The molecule has 0 amide bonds. The van der Waals surface area contributed by atoms with Crippen LogP contribution in [0.15, 0.2) is 58.5 Å². The van der Waals surface area contributed by atoms with Gasteiger partial charge in [0.25, 0.3) is 0 Å². The summed E-state index contributed by atoms with van der Waals surface area (Å²) in [5, 5.41) is 54.0. The Morgan fingerprint density at radius 1 is 0.706 bits per heavy atom. The number of likely N-dealkylation sites (tertiary alicyclic amines) is 1. The number of piperidine rings is 1. The van der Waals surface area contributed by atoms with E-state index in [1.807, 2.05) is 18.2 Å². The topological polar surface area (TPSA) is 129 Å². The number of hydrogen-bond acceptors (Lipinski definition) is 8. The van der Waals surface area contributed by atoms with Crippen molar-refractivity contribution in [1.82, 2.24) is 4.90 Å². The predicted molar refractivity (Wildman–Crippen MR) is 126 cm³/mol. The largest absolute Gasteiger partial charge is 0.507 e. The van der Waals surface area contributed by atoms with Crippen molar-refractivity contribution in [3.63, 3.8) is 0 Å². The van der Waals surface area contributed by atoms with Gasteiger partial charge in [-0.2, -0.15) is 0 Å². The molecule has 0 atom stereocenters. The van der Waals surface area contributed by atoms with E-state index in [-0.39, 0.29) is 44.5 Å². The third kappa shape index (κ3) is 2.95. The van der Waals surface area contributed by atoms with E-state index in [4.69, 9.17) is 9.98 Å². The monoisotopic (exact) mass is 457 g/mol. The van der Waals surface area contributed by atoms with Gasteiger partial charge in [0.15, 0.2) is 5.66 Å². The third-order valence-corrected chi connectivity index (χ3v) is 6.92. The minimum Gasteiger partial charge on any atom is -0.507 e. The van der Waals surface area contributed by atoms with Crippen LogP contribution in [0.5, 0.6) is 28.7 Å². The molecule has 172 valence electrons. The van der Waals surface area contributed by atoms with Gasteiger partial charge in [0, 0.05) is 38.5 Å². The molecule has 0 bridgehead atoms. The molecule has 1 spiro atoms. The van der Waals surface area contributed by atoms with Gasteiger partial charge in [0.2, 0.25) is 0 Å². The summed E-state index contributed by atoms with van der Waals surface area (Å²) in [6, 6.07) is 14.1. The van der Waals surface area contributed by atoms with Crippen LogP contribution < -0.4 is 10.7 Å². The molecular formula is C26H23N3O5. The van der Waals surface area contributed by atoms with Crippen molar-refractivity contribution in [2.45, 2.75) is 25.0 Å². The molecule has 0 aromatic heterocycles. The highest BCUT2D eigenvalue weighted by molar-refractivity contribution is 6.16. The molecule has 0 saturated carbocycles. The Morgan fingerprint density at radius 2 is 1.29 bits per heavy atom. The Balaban J connectivity index is 1.47. The molecule has 5 N–H and O–H groups in total. The summed E-state index contributed by atoms with van der Waals surface area (Å²) in [6.45, 7) is 2.42. The highest BCUT2D eigenvalue weighted by atomic mass is 16.3. The number of rotatable bonds is 2. The van der Waals surface area contributed by atoms with E-state index in [9.17, 15) is 25.5 Å². The summed E-state index contributed by atoms with van der Waals surface area (Å²) < 4.78 is 0. The Labute approximate surface area is 194 Å². The molecule has 0 unspecified atom stereocenters. The Hall–Kier alpha value is -4.04. The second-order valence-electron chi connectivity index (χ2n) is 9.03. The SMILES string of the molecule is Oc1ccc(O)c2c(O)c3c4c(cc(O)c3c(O)c12)=NC1(CCN(Cc2ccccc2)CC1)N=4. The lowest BCUT2D eigenvalue weighted by Crippen LogP contribution is -2.41. The molecule has 2 heterocycles. The first kappa shape index (κ1) is 20.6. The van der Waals surface area contributed by atoms with E-state index in [2.05, 4.69) is 17.0 Å². The summed E-state index contributed by atoms with van der Waals surface area (Å²) in [6.07, 6.45) is 1.34. The highest BCUT2D eigenvalue weighted by Crippen LogP contribution is 2.49. The zero-order valence-corrected chi connectivity index (χ0v) is 18.2. The predicted octanol–water partition coefficient (Wildman–Crippen LogP) is 2.77. The minimum atomic E-state index is -0.714. The van der Waals surface area contributed by atoms with Crippen molar-refractivity contribution in [1.29, 1.82) is 0 Å². The molecule has 8 heteroatoms. The average Bonchev–Trinajstić information content (AvgIpc) is 3.18. The molecule has 2 aliphatic heterocycles. The molecule has 1 fully saturated rings. The smallest absolute Gasteiger partial charge is 0.154 e. The number of nitrogens with zero attached hydrogens (tertiary/aromatic N) is 3. The third-order valence-electron chi connectivity index (χ3n) is 6.92. The average molecular weight is 457 g/mol. The van der Waals surface area contributed by atoms with Crippen LogP contribution in [0.2, 0.25) is 0 Å². The molecule has 0 aliphatic carbocycles. The highest BCUT2D eigenvalue weighted by Gasteiger charge is 2.37. The van der Waals surface area contributed by atoms with Crippen molar-refractivity contribution < 1.29 is 25.5 Å². The minimum absolute atomic E-state index is 0.0397. The number of phenols is 5. The van der Waals surface area contributed by atoms with Gasteiger partial charge in [0.05, 0.1) is 32.3 Å². The van der Waals surface area contributed by atoms with Gasteiger partial charge in [-0.05, 0) is 17.7 Å². The van der Waals surface area contributed by atoms with E-state index in [0.717, 1.165) is 19.6 Å². The maximum atomic E-state index is 11.1. The summed E-state index contributed by atoms with van der Waals surface area (Å²) >= 11 is 0. The quantitative estimate of drug-likeness (QED) is 0.233. The van der Waals surface area contributed by atoms with Crippen molar-refractivity contribution >= 4 is 21.5 Å². The lowest BCUT2D eigenvalue weighted by atomic mass is 9.97. The zero-order valence-electron chi connectivity index (χ0n) is 18.2. The lowest BCUT2D eigenvalue weighted by molar-refractivity contribution is 0.160. The van der Waals surface area contributed by atoms with Gasteiger partial charge in [-0.1, -0.05) is 30.3 Å². The van der Waals surface area contributed by atoms with Crippen LogP contribution in [0.4, 0.5) is 0 Å². The van der Waals surface area contributed by atoms with Crippen LogP contribution in [0.1, 0.15) is 18.4 Å². The van der Waals surface area contributed by atoms with Crippen LogP contribution in [-0.4, -0.2) is 49.2 Å². The molecule has 6 rings (SSSR count). The first-order valence-corrected chi connectivity index (χ1v) is 11.2. The van der Waals surface area contributed by atoms with Crippen molar-refractivity contribution in [3.8, 4) is 28.7 Å². The van der Waals surface area contributed by atoms with Crippen LogP contribution in [0.3, 0.4) is 0 Å². The summed E-state index contributed by atoms with van der Waals surface area (Å²) in [7, 11) is 0. The van der Waals surface area contributed by atoms with Gasteiger partial charge in [-0.3, -0.25) is 14.9 Å². The maximum absolute atomic E-state index is 11.1. The molecule has 8 nitrogen and oxygen atoms in total. The molecule has 4 aromatic rings. The van der Waals surface area contributed by atoms with E-state index >= 15 is 0 Å². The number of aromatic hydroxyl groups is 5. The summed E-state index contributed by atoms with van der Waals surface area (Å²) in [5.74, 6) is -1.74. The van der Waals surface area contributed by atoms with Crippen LogP contribution in [0, 0.1) is 0 Å². The molecule has 2 aliphatic rings. The van der Waals surface area contributed by atoms with E-state index in [0.29, 0.717) is 23.6 Å². The van der Waals surface area contributed by atoms with Gasteiger partial charge in [-0.25, -0.2) is 0 Å². The van der Waals surface area contributed by atoms with Gasteiger partial charge in [0.1, 0.15) is 28.7 Å². The number of phenolic OH excluding ortho intramolecular Hbond substituents is 5. The first-order chi connectivity index (χ1) is 16.4. The van der Waals surface area contributed by atoms with E-state index < -0.39 is 11.4 Å². The van der Waals surface area contributed by atoms with Crippen LogP contribution in [0.25, 0.3) is 21.5 Å². The Kier molecular flexibility index (Phi) is 4.37. The Morgan fingerprint density at radius 3 is 1.94 bits per heavy atom. The molecule has 0 radical (unpaired) electrons. The molecule has 34 heavy (non-hydrogen) atoms. The van der Waals surface area contributed by atoms with E-state index in [1.54, 1.807) is 0 Å². The summed E-state index contributed by atoms with van der Waals surface area (Å²) in [5.41, 5.74) is 0.530. The molecule has 4 aromatic carbocycles. The fourth-order valence-corrected chi connectivity index (χ4v) is 5.22. The maximum Gasteiger partial charge on any atom is 0.154 e. The van der Waals surface area contributed by atoms with Crippen LogP contribution >= 0.6 is 0 Å². The first-order valence-electron chi connectivity index (χ1n) is 11.2. The number of hydrogen-bond donors (Lipinski definition) is 5. The Bertz CT molecular complexity index is 1590. The van der Waals surface area contributed by atoms with Crippen molar-refractivity contribution in [3.05, 3.63) is 64.8 Å². The van der Waals surface area contributed by atoms with Gasteiger partial charge in [-0.15, -0.1) is 0 Å². The lowest BCUT2D eigenvalue weighted by Gasteiger charge is -2.35. The van der Waals surface area contributed by atoms with Crippen molar-refractivity contribution in [2.24, 2.45) is 9.98 Å². The number of benzene rings is 4. The normalized spacial score (nSPS) is 17.1. The molecule has 1 saturated heterocycles. The van der Waals surface area contributed by atoms with E-state index in [1.165, 1.54) is 23.8 Å². The van der Waals surface area contributed by atoms with Crippen LogP contribution in [-0.2, 0) is 6.54 Å². The van der Waals surface area contributed by atoms with Crippen molar-refractivity contribution in [2.75, 3.05) is 13.1 Å². The second kappa shape index (κ2) is 7.23. The fraction of sp³-hybridized carbons (Fsp3) is 0.231. The summed E-state index contributed by atoms with van der Waals surface area (Å²) in [4.78, 5) is 12.1. The second-order valence-corrected chi connectivity index (χ2v) is 9.03. The fourth-order valence-electron chi connectivity index (χ4n) is 5.22. The van der Waals surface area contributed by atoms with Gasteiger partial charge < -0.3 is 25.5 Å². The zero-order chi connectivity index (χ0) is 23.6. The van der Waals surface area contributed by atoms with Gasteiger partial charge >= 0.3 is 0 Å². The molecular weight excluding hydrogens is 434 g/mol.